The molecule has 0 aromatic carbocycles. The lowest BCUT2D eigenvalue weighted by atomic mass is 10.3. The first-order chi connectivity index (χ1) is 12.5. The first-order valence-corrected chi connectivity index (χ1v) is 8.10. The van der Waals surface area contributed by atoms with E-state index in [2.05, 4.69) is 15.5 Å². The third-order valence-corrected chi connectivity index (χ3v) is 3.98. The maximum atomic E-state index is 12.6. The summed E-state index contributed by atoms with van der Waals surface area (Å²) in [5.74, 6) is -0.402. The van der Waals surface area contributed by atoms with Gasteiger partial charge in [0.25, 0.3) is 0 Å². The first kappa shape index (κ1) is 20.4. The molecule has 1 N–H and O–H groups in total. The Bertz CT molecular complexity index is 842. The van der Waals surface area contributed by atoms with Gasteiger partial charge in [0.05, 0.1) is 4.92 Å². The predicted octanol–water partition coefficient (Wildman–Crippen LogP) is 2.39. The average Bonchev–Trinajstić information content (AvgIpc) is 3.13. The van der Waals surface area contributed by atoms with Crippen LogP contribution in [0, 0.1) is 24.0 Å². The Labute approximate surface area is 152 Å². The molecule has 0 aliphatic heterocycles. The van der Waals surface area contributed by atoms with Crippen LogP contribution in [0.15, 0.2) is 12.3 Å². The van der Waals surface area contributed by atoms with Gasteiger partial charge in [0.1, 0.15) is 17.9 Å². The number of nitrogens with one attached hydrogen (secondary N) is 1. The van der Waals surface area contributed by atoms with Crippen molar-refractivity contribution in [1.82, 2.24) is 24.9 Å². The highest BCUT2D eigenvalue weighted by atomic mass is 19.4. The first-order valence-electron chi connectivity index (χ1n) is 8.10. The van der Waals surface area contributed by atoms with Crippen molar-refractivity contribution in [3.05, 3.63) is 39.5 Å². The molecule has 1 amide bonds. The molecule has 0 aliphatic carbocycles. The summed E-state index contributed by atoms with van der Waals surface area (Å²) in [6.45, 7) is 4.96. The van der Waals surface area contributed by atoms with Crippen LogP contribution in [0.5, 0.6) is 0 Å². The second-order valence-electron chi connectivity index (χ2n) is 6.05. The molecule has 0 aliphatic rings. The van der Waals surface area contributed by atoms with Gasteiger partial charge >= 0.3 is 11.9 Å². The van der Waals surface area contributed by atoms with Crippen molar-refractivity contribution >= 4 is 11.6 Å². The summed E-state index contributed by atoms with van der Waals surface area (Å²) in [4.78, 5) is 22.4. The number of aromatic nitrogens is 4. The molecule has 0 saturated heterocycles. The van der Waals surface area contributed by atoms with E-state index >= 15 is 0 Å². The van der Waals surface area contributed by atoms with Crippen LogP contribution in [-0.4, -0.2) is 36.9 Å². The monoisotopic (exact) mass is 388 g/mol. The largest absolute Gasteiger partial charge is 0.435 e. The van der Waals surface area contributed by atoms with Crippen LogP contribution in [0.3, 0.4) is 0 Å². The Morgan fingerprint density at radius 1 is 1.37 bits per heavy atom. The standard InChI is InChI=1S/C15H19F3N6O3/c1-9-7-13(15(16,17)18)21-22(9)6-4-5-19-14(25)11(3)23-8-12(24(26)27)10(2)20-23/h7-8,11H,4-6H2,1-3H3,(H,19,25). The Morgan fingerprint density at radius 3 is 2.56 bits per heavy atom. The molecule has 148 valence electrons. The summed E-state index contributed by atoms with van der Waals surface area (Å²) in [6.07, 6.45) is -2.94. The molecule has 12 heteroatoms. The molecule has 2 heterocycles. The molecule has 27 heavy (non-hydrogen) atoms. The number of nitro groups is 1. The molecular formula is C15H19F3N6O3. The van der Waals surface area contributed by atoms with Crippen LogP contribution in [0.25, 0.3) is 0 Å². The number of carbonyl (C=O) groups excluding carboxylic acids is 1. The zero-order valence-electron chi connectivity index (χ0n) is 14.9. The van der Waals surface area contributed by atoms with Gasteiger partial charge in [-0.3, -0.25) is 24.3 Å². The summed E-state index contributed by atoms with van der Waals surface area (Å²) in [5, 5.41) is 20.9. The molecule has 2 aromatic rings. The van der Waals surface area contributed by atoms with Crippen molar-refractivity contribution in [2.24, 2.45) is 0 Å². The fourth-order valence-electron chi connectivity index (χ4n) is 2.43. The molecule has 1 atom stereocenters. The summed E-state index contributed by atoms with van der Waals surface area (Å²) >= 11 is 0. The molecule has 0 saturated carbocycles. The van der Waals surface area contributed by atoms with Gasteiger partial charge in [-0.2, -0.15) is 23.4 Å². The van der Waals surface area contributed by atoms with Crippen LogP contribution >= 0.6 is 0 Å². The van der Waals surface area contributed by atoms with E-state index in [1.54, 1.807) is 6.92 Å². The second-order valence-corrected chi connectivity index (χ2v) is 6.05. The molecular weight excluding hydrogens is 369 g/mol. The van der Waals surface area contributed by atoms with Crippen molar-refractivity contribution in [2.75, 3.05) is 6.54 Å². The lowest BCUT2D eigenvalue weighted by Gasteiger charge is -2.12. The van der Waals surface area contributed by atoms with Crippen LogP contribution in [0.2, 0.25) is 0 Å². The fraction of sp³-hybridized carbons (Fsp3) is 0.533. The van der Waals surface area contributed by atoms with Crippen LogP contribution in [0.1, 0.15) is 36.5 Å². The molecule has 0 fully saturated rings. The van der Waals surface area contributed by atoms with Crippen LogP contribution in [0.4, 0.5) is 18.9 Å². The SMILES string of the molecule is Cc1nn(C(C)C(=O)NCCCn2nc(C(F)(F)F)cc2C)cc1[N+](=O)[O-]. The number of halogens is 3. The summed E-state index contributed by atoms with van der Waals surface area (Å²) in [6, 6.07) is 0.203. The minimum absolute atomic E-state index is 0.177. The minimum Gasteiger partial charge on any atom is -0.354 e. The van der Waals surface area contributed by atoms with E-state index in [9.17, 15) is 28.1 Å². The van der Waals surface area contributed by atoms with Crippen LogP contribution in [-0.2, 0) is 17.5 Å². The van der Waals surface area contributed by atoms with Crippen molar-refractivity contribution in [2.45, 2.75) is 46.0 Å². The quantitative estimate of drug-likeness (QED) is 0.445. The third-order valence-electron chi connectivity index (χ3n) is 3.98. The third kappa shape index (κ3) is 4.83. The Kier molecular flexibility index (Phi) is 5.86. The molecule has 0 radical (unpaired) electrons. The number of amides is 1. The zero-order valence-corrected chi connectivity index (χ0v) is 14.9. The van der Waals surface area contributed by atoms with Gasteiger partial charge in [0.15, 0.2) is 5.69 Å². The lowest BCUT2D eigenvalue weighted by Crippen LogP contribution is -2.32. The Balaban J connectivity index is 1.87. The van der Waals surface area contributed by atoms with Gasteiger partial charge in [-0.15, -0.1) is 0 Å². The van der Waals surface area contributed by atoms with Crippen molar-refractivity contribution < 1.29 is 22.9 Å². The topological polar surface area (TPSA) is 108 Å². The zero-order chi connectivity index (χ0) is 20.4. The lowest BCUT2D eigenvalue weighted by molar-refractivity contribution is -0.385. The van der Waals surface area contributed by atoms with E-state index < -0.39 is 28.7 Å². The molecule has 2 rings (SSSR count). The van der Waals surface area contributed by atoms with E-state index in [0.717, 1.165) is 6.07 Å². The molecule has 1 unspecified atom stereocenters. The number of carbonyl (C=O) groups is 1. The van der Waals surface area contributed by atoms with E-state index in [1.165, 1.54) is 29.4 Å². The normalized spacial score (nSPS) is 12.8. The number of alkyl halides is 3. The van der Waals surface area contributed by atoms with Gasteiger partial charge in [-0.1, -0.05) is 0 Å². The van der Waals surface area contributed by atoms with Crippen LogP contribution < -0.4 is 5.32 Å². The number of aryl methyl sites for hydroxylation is 3. The fourth-order valence-corrected chi connectivity index (χ4v) is 2.43. The van der Waals surface area contributed by atoms with E-state index in [1.807, 2.05) is 0 Å². The highest BCUT2D eigenvalue weighted by Crippen LogP contribution is 2.28. The maximum Gasteiger partial charge on any atom is 0.435 e. The number of hydrogen-bond donors (Lipinski definition) is 1. The summed E-state index contributed by atoms with van der Waals surface area (Å²) in [7, 11) is 0. The maximum absolute atomic E-state index is 12.6. The van der Waals surface area contributed by atoms with Crippen molar-refractivity contribution in [3.8, 4) is 0 Å². The highest BCUT2D eigenvalue weighted by molar-refractivity contribution is 5.79. The van der Waals surface area contributed by atoms with Gasteiger partial charge < -0.3 is 5.32 Å². The Hall–Kier alpha value is -2.92. The smallest absolute Gasteiger partial charge is 0.354 e. The van der Waals surface area contributed by atoms with Gasteiger partial charge in [0.2, 0.25) is 5.91 Å². The van der Waals surface area contributed by atoms with Crippen molar-refractivity contribution in [1.29, 1.82) is 0 Å². The molecule has 0 spiro atoms. The van der Waals surface area contributed by atoms with E-state index in [4.69, 9.17) is 0 Å². The van der Waals surface area contributed by atoms with Gasteiger partial charge in [-0.25, -0.2) is 0 Å². The summed E-state index contributed by atoms with van der Waals surface area (Å²) in [5.41, 5.74) is -0.548. The minimum atomic E-state index is -4.50. The molecule has 0 bridgehead atoms. The Morgan fingerprint density at radius 2 is 2.04 bits per heavy atom. The average molecular weight is 388 g/mol. The number of rotatable bonds is 7. The summed E-state index contributed by atoms with van der Waals surface area (Å²) < 4.78 is 40.3. The predicted molar refractivity (Wildman–Crippen MR) is 87.9 cm³/mol. The van der Waals surface area contributed by atoms with E-state index in [0.29, 0.717) is 12.1 Å². The molecule has 9 nitrogen and oxygen atoms in total. The number of hydrogen-bond acceptors (Lipinski definition) is 5. The van der Waals surface area contributed by atoms with Crippen molar-refractivity contribution in [3.63, 3.8) is 0 Å². The van der Waals surface area contributed by atoms with E-state index in [-0.39, 0.29) is 24.5 Å². The van der Waals surface area contributed by atoms with Gasteiger partial charge in [0, 0.05) is 18.8 Å². The number of nitrogens with zero attached hydrogens (tertiary/aromatic N) is 5. The highest BCUT2D eigenvalue weighted by Gasteiger charge is 2.34. The second kappa shape index (κ2) is 7.76. The molecule has 2 aromatic heterocycles. The van der Waals surface area contributed by atoms with Gasteiger partial charge in [-0.05, 0) is 33.3 Å².